The number of esters is 1. The smallest absolute Gasteiger partial charge is 0.340 e. The van der Waals surface area contributed by atoms with Crippen LogP contribution in [0.15, 0.2) is 65.7 Å². The van der Waals surface area contributed by atoms with E-state index in [0.29, 0.717) is 11.3 Å². The SMILES string of the molecule is COC(=O)c1ccccc1N=Cc1cc(C)n(-c2ccccc2)c1C. The van der Waals surface area contributed by atoms with Crippen molar-refractivity contribution < 1.29 is 9.53 Å². The molecule has 3 aromatic rings. The maximum absolute atomic E-state index is 11.9. The van der Waals surface area contributed by atoms with Gasteiger partial charge >= 0.3 is 5.97 Å². The summed E-state index contributed by atoms with van der Waals surface area (Å²) in [6.45, 7) is 4.13. The summed E-state index contributed by atoms with van der Waals surface area (Å²) in [5.41, 5.74) is 5.42. The minimum Gasteiger partial charge on any atom is -0.465 e. The van der Waals surface area contributed by atoms with E-state index >= 15 is 0 Å². The number of aliphatic imine (C=N–C) groups is 1. The van der Waals surface area contributed by atoms with Crippen molar-refractivity contribution in [3.63, 3.8) is 0 Å². The molecule has 0 unspecified atom stereocenters. The molecular formula is C21H20N2O2. The average Bonchev–Trinajstić information content (AvgIpc) is 2.93. The van der Waals surface area contributed by atoms with Gasteiger partial charge in [-0.3, -0.25) is 4.99 Å². The first-order valence-corrected chi connectivity index (χ1v) is 8.07. The van der Waals surface area contributed by atoms with E-state index in [2.05, 4.69) is 41.6 Å². The van der Waals surface area contributed by atoms with Crippen molar-refractivity contribution in [2.75, 3.05) is 7.11 Å². The van der Waals surface area contributed by atoms with Crippen molar-refractivity contribution in [3.8, 4) is 5.69 Å². The summed E-state index contributed by atoms with van der Waals surface area (Å²) in [6, 6.07) is 19.5. The second-order valence-corrected chi connectivity index (χ2v) is 5.76. The maximum Gasteiger partial charge on any atom is 0.340 e. The molecule has 4 heteroatoms. The molecule has 1 aromatic heterocycles. The molecule has 1 heterocycles. The van der Waals surface area contributed by atoms with Gasteiger partial charge in [-0.1, -0.05) is 30.3 Å². The molecule has 0 amide bonds. The van der Waals surface area contributed by atoms with Crippen molar-refractivity contribution in [2.45, 2.75) is 13.8 Å². The molecule has 0 saturated heterocycles. The number of methoxy groups -OCH3 is 1. The monoisotopic (exact) mass is 332 g/mol. The van der Waals surface area contributed by atoms with Crippen LogP contribution in [0.3, 0.4) is 0 Å². The van der Waals surface area contributed by atoms with Gasteiger partial charge in [-0.05, 0) is 44.2 Å². The Bertz CT molecular complexity index is 924. The van der Waals surface area contributed by atoms with Crippen molar-refractivity contribution >= 4 is 17.9 Å². The van der Waals surface area contributed by atoms with Crippen LogP contribution in [0, 0.1) is 13.8 Å². The predicted octanol–water partition coefficient (Wildman–Crippen LogP) is 4.63. The Hall–Kier alpha value is -3.14. The summed E-state index contributed by atoms with van der Waals surface area (Å²) < 4.78 is 7.00. The lowest BCUT2D eigenvalue weighted by atomic mass is 10.2. The highest BCUT2D eigenvalue weighted by Crippen LogP contribution is 2.22. The molecule has 0 atom stereocenters. The molecule has 0 aliphatic heterocycles. The zero-order valence-corrected chi connectivity index (χ0v) is 14.6. The molecule has 0 fully saturated rings. The van der Waals surface area contributed by atoms with Gasteiger partial charge in [0, 0.05) is 28.9 Å². The van der Waals surface area contributed by atoms with E-state index in [1.807, 2.05) is 24.3 Å². The van der Waals surface area contributed by atoms with Crippen LogP contribution in [0.1, 0.15) is 27.3 Å². The van der Waals surface area contributed by atoms with Crippen LogP contribution >= 0.6 is 0 Å². The van der Waals surface area contributed by atoms with Gasteiger partial charge in [0.25, 0.3) is 0 Å². The van der Waals surface area contributed by atoms with Gasteiger partial charge in [0.1, 0.15) is 0 Å². The predicted molar refractivity (Wildman–Crippen MR) is 100 cm³/mol. The highest BCUT2D eigenvalue weighted by atomic mass is 16.5. The minimum atomic E-state index is -0.387. The topological polar surface area (TPSA) is 43.6 Å². The normalized spacial score (nSPS) is 11.0. The van der Waals surface area contributed by atoms with Crippen molar-refractivity contribution in [1.29, 1.82) is 0 Å². The van der Waals surface area contributed by atoms with Crippen LogP contribution in [0.2, 0.25) is 0 Å². The fraction of sp³-hybridized carbons (Fsp3) is 0.143. The number of ether oxygens (including phenoxy) is 1. The van der Waals surface area contributed by atoms with Crippen LogP contribution in [0.5, 0.6) is 0 Å². The number of carbonyl (C=O) groups is 1. The van der Waals surface area contributed by atoms with Crippen LogP contribution in [0.25, 0.3) is 5.69 Å². The molecule has 25 heavy (non-hydrogen) atoms. The van der Waals surface area contributed by atoms with E-state index in [1.54, 1.807) is 24.4 Å². The van der Waals surface area contributed by atoms with Gasteiger partial charge in [0.05, 0.1) is 18.4 Å². The number of benzene rings is 2. The summed E-state index contributed by atoms with van der Waals surface area (Å²) in [5, 5.41) is 0. The number of aromatic nitrogens is 1. The maximum atomic E-state index is 11.9. The number of hydrogen-bond donors (Lipinski definition) is 0. The highest BCUT2D eigenvalue weighted by molar-refractivity contribution is 5.96. The van der Waals surface area contributed by atoms with Gasteiger partial charge in [-0.2, -0.15) is 0 Å². The number of para-hydroxylation sites is 2. The molecule has 0 radical (unpaired) electrons. The summed E-state index contributed by atoms with van der Waals surface area (Å²) in [5.74, 6) is -0.387. The van der Waals surface area contributed by atoms with Crippen molar-refractivity contribution in [1.82, 2.24) is 4.57 Å². The molecule has 0 N–H and O–H groups in total. The molecule has 0 bridgehead atoms. The highest BCUT2D eigenvalue weighted by Gasteiger charge is 2.11. The second-order valence-electron chi connectivity index (χ2n) is 5.76. The van der Waals surface area contributed by atoms with Crippen LogP contribution in [-0.4, -0.2) is 23.9 Å². The average molecular weight is 332 g/mol. The number of aryl methyl sites for hydroxylation is 1. The molecule has 0 saturated carbocycles. The zero-order valence-electron chi connectivity index (χ0n) is 14.6. The Balaban J connectivity index is 1.98. The molecule has 0 aliphatic carbocycles. The summed E-state index contributed by atoms with van der Waals surface area (Å²) >= 11 is 0. The van der Waals surface area contributed by atoms with E-state index in [4.69, 9.17) is 4.74 Å². The first kappa shape index (κ1) is 16.7. The first-order chi connectivity index (χ1) is 12.1. The number of nitrogens with zero attached hydrogens (tertiary/aromatic N) is 2. The molecule has 2 aromatic carbocycles. The molecule has 126 valence electrons. The van der Waals surface area contributed by atoms with E-state index < -0.39 is 0 Å². The lowest BCUT2D eigenvalue weighted by Gasteiger charge is -2.09. The Morgan fingerprint density at radius 2 is 1.72 bits per heavy atom. The molecular weight excluding hydrogens is 312 g/mol. The molecule has 0 spiro atoms. The quantitative estimate of drug-likeness (QED) is 0.516. The lowest BCUT2D eigenvalue weighted by Crippen LogP contribution is -2.01. The molecule has 3 rings (SSSR count). The van der Waals surface area contributed by atoms with Gasteiger partial charge < -0.3 is 9.30 Å². The third kappa shape index (κ3) is 3.38. The largest absolute Gasteiger partial charge is 0.465 e. The summed E-state index contributed by atoms with van der Waals surface area (Å²) in [4.78, 5) is 16.4. The lowest BCUT2D eigenvalue weighted by molar-refractivity contribution is 0.0601. The second kappa shape index (κ2) is 7.18. The van der Waals surface area contributed by atoms with Crippen molar-refractivity contribution in [2.24, 2.45) is 4.99 Å². The van der Waals surface area contributed by atoms with Crippen LogP contribution in [0.4, 0.5) is 5.69 Å². The number of hydrogen-bond acceptors (Lipinski definition) is 3. The Morgan fingerprint density at radius 3 is 2.44 bits per heavy atom. The number of carbonyl (C=O) groups excluding carboxylic acids is 1. The molecule has 0 aliphatic rings. The van der Waals surface area contributed by atoms with Crippen LogP contribution in [-0.2, 0) is 4.74 Å². The summed E-state index contributed by atoms with van der Waals surface area (Å²) in [6.07, 6.45) is 1.80. The minimum absolute atomic E-state index is 0.387. The standard InChI is InChI=1S/C21H20N2O2/c1-15-13-17(16(2)23(15)18-9-5-4-6-10-18)14-22-20-12-8-7-11-19(20)21(24)25-3/h4-14H,1-3H3. The fourth-order valence-electron chi connectivity index (χ4n) is 2.90. The Labute approximate surface area is 147 Å². The van der Waals surface area contributed by atoms with Gasteiger partial charge in [0.2, 0.25) is 0 Å². The van der Waals surface area contributed by atoms with Crippen LogP contribution < -0.4 is 0 Å². The zero-order chi connectivity index (χ0) is 17.8. The summed E-state index contributed by atoms with van der Waals surface area (Å²) in [7, 11) is 1.37. The first-order valence-electron chi connectivity index (χ1n) is 8.07. The van der Waals surface area contributed by atoms with Gasteiger partial charge in [0.15, 0.2) is 0 Å². The Kier molecular flexibility index (Phi) is 4.80. The third-order valence-corrected chi connectivity index (χ3v) is 4.14. The van der Waals surface area contributed by atoms with E-state index in [-0.39, 0.29) is 5.97 Å². The van der Waals surface area contributed by atoms with Crippen molar-refractivity contribution in [3.05, 3.63) is 83.2 Å². The Morgan fingerprint density at radius 1 is 1.04 bits per heavy atom. The van der Waals surface area contributed by atoms with E-state index in [1.165, 1.54) is 7.11 Å². The number of rotatable bonds is 4. The third-order valence-electron chi connectivity index (χ3n) is 4.14. The van der Waals surface area contributed by atoms with E-state index in [9.17, 15) is 4.79 Å². The van der Waals surface area contributed by atoms with E-state index in [0.717, 1.165) is 22.6 Å². The van der Waals surface area contributed by atoms with Gasteiger partial charge in [-0.15, -0.1) is 0 Å². The fourth-order valence-corrected chi connectivity index (χ4v) is 2.90. The van der Waals surface area contributed by atoms with Gasteiger partial charge in [-0.25, -0.2) is 4.79 Å². The molecule has 4 nitrogen and oxygen atoms in total.